The highest BCUT2D eigenvalue weighted by Gasteiger charge is 2.14. The van der Waals surface area contributed by atoms with Crippen LogP contribution >= 0.6 is 0 Å². The first-order valence-corrected chi connectivity index (χ1v) is 8.54. The van der Waals surface area contributed by atoms with Gasteiger partial charge in [0.25, 0.3) is 0 Å². The number of anilines is 1. The quantitative estimate of drug-likeness (QED) is 0.752. The van der Waals surface area contributed by atoms with Gasteiger partial charge in [0, 0.05) is 11.7 Å². The van der Waals surface area contributed by atoms with Gasteiger partial charge in [-0.2, -0.15) is 0 Å². The molecule has 3 nitrogen and oxygen atoms in total. The predicted octanol–water partition coefficient (Wildman–Crippen LogP) is 5.20. The van der Waals surface area contributed by atoms with Crippen molar-refractivity contribution in [2.24, 2.45) is 0 Å². The van der Waals surface area contributed by atoms with E-state index >= 15 is 0 Å². The number of urea groups is 1. The van der Waals surface area contributed by atoms with E-state index in [0.29, 0.717) is 6.04 Å². The second-order valence-electron chi connectivity index (χ2n) is 6.23. The van der Waals surface area contributed by atoms with Gasteiger partial charge in [-0.1, -0.05) is 68.1 Å². The number of carbonyl (C=O) groups is 1. The number of hydrogen-bond donors (Lipinski definition) is 2. The van der Waals surface area contributed by atoms with Crippen molar-refractivity contribution in [3.05, 3.63) is 54.6 Å². The van der Waals surface area contributed by atoms with Crippen molar-refractivity contribution in [1.82, 2.24) is 5.32 Å². The fourth-order valence-corrected chi connectivity index (χ4v) is 3.18. The Balaban J connectivity index is 1.62. The van der Waals surface area contributed by atoms with E-state index in [4.69, 9.17) is 0 Å². The van der Waals surface area contributed by atoms with Crippen LogP contribution in [0.1, 0.15) is 38.5 Å². The molecule has 2 aromatic rings. The molecule has 0 radical (unpaired) electrons. The zero-order valence-electron chi connectivity index (χ0n) is 13.4. The number of nitrogens with one attached hydrogen (secondary N) is 2. The topological polar surface area (TPSA) is 41.1 Å². The molecule has 2 aromatic carbocycles. The fourth-order valence-electron chi connectivity index (χ4n) is 3.18. The lowest BCUT2D eigenvalue weighted by Crippen LogP contribution is -2.37. The zero-order valence-corrected chi connectivity index (χ0v) is 13.4. The molecular weight excluding hydrogens is 284 g/mol. The summed E-state index contributed by atoms with van der Waals surface area (Å²) >= 11 is 0. The first-order valence-electron chi connectivity index (χ1n) is 8.54. The van der Waals surface area contributed by atoms with Gasteiger partial charge in [-0.3, -0.25) is 0 Å². The SMILES string of the molecule is O=C(Nc1cccc(-c2ccccc2)c1)NC1CCCCCC1. The van der Waals surface area contributed by atoms with E-state index in [1.165, 1.54) is 25.7 Å². The molecule has 0 bridgehead atoms. The highest BCUT2D eigenvalue weighted by Crippen LogP contribution is 2.22. The maximum Gasteiger partial charge on any atom is 0.319 e. The lowest BCUT2D eigenvalue weighted by molar-refractivity contribution is 0.247. The van der Waals surface area contributed by atoms with Crippen molar-refractivity contribution in [3.8, 4) is 11.1 Å². The number of hydrogen-bond acceptors (Lipinski definition) is 1. The third-order valence-corrected chi connectivity index (χ3v) is 4.42. The maximum atomic E-state index is 12.2. The minimum Gasteiger partial charge on any atom is -0.335 e. The first kappa shape index (κ1) is 15.6. The molecule has 0 heterocycles. The number of carbonyl (C=O) groups excluding carboxylic acids is 1. The van der Waals surface area contributed by atoms with E-state index in [2.05, 4.69) is 28.8 Å². The summed E-state index contributed by atoms with van der Waals surface area (Å²) in [6.07, 6.45) is 7.20. The van der Waals surface area contributed by atoms with Crippen molar-refractivity contribution in [2.45, 2.75) is 44.6 Å². The van der Waals surface area contributed by atoms with Crippen LogP contribution in [-0.4, -0.2) is 12.1 Å². The molecule has 1 saturated carbocycles. The fraction of sp³-hybridized carbons (Fsp3) is 0.350. The number of amides is 2. The summed E-state index contributed by atoms with van der Waals surface area (Å²) in [7, 11) is 0. The van der Waals surface area contributed by atoms with E-state index in [9.17, 15) is 4.79 Å². The third-order valence-electron chi connectivity index (χ3n) is 4.42. The molecule has 0 unspecified atom stereocenters. The molecule has 0 spiro atoms. The lowest BCUT2D eigenvalue weighted by Gasteiger charge is -2.17. The molecule has 3 rings (SSSR count). The Hall–Kier alpha value is -2.29. The van der Waals surface area contributed by atoms with Crippen LogP contribution in [-0.2, 0) is 0 Å². The lowest BCUT2D eigenvalue weighted by atomic mass is 10.1. The monoisotopic (exact) mass is 308 g/mol. The van der Waals surface area contributed by atoms with Crippen LogP contribution in [0.25, 0.3) is 11.1 Å². The van der Waals surface area contributed by atoms with Crippen LogP contribution < -0.4 is 10.6 Å². The Kier molecular flexibility index (Phi) is 5.30. The summed E-state index contributed by atoms with van der Waals surface area (Å²) in [5.74, 6) is 0. The standard InChI is InChI=1S/C20H24N2O/c23-20(21-18-12-6-1-2-7-13-18)22-19-14-8-11-17(15-19)16-9-4-3-5-10-16/h3-5,8-11,14-15,18H,1-2,6-7,12-13H2,(H2,21,22,23). The van der Waals surface area contributed by atoms with Gasteiger partial charge in [0.15, 0.2) is 0 Å². The average Bonchev–Trinajstić information content (AvgIpc) is 2.84. The highest BCUT2D eigenvalue weighted by molar-refractivity contribution is 5.90. The van der Waals surface area contributed by atoms with E-state index < -0.39 is 0 Å². The van der Waals surface area contributed by atoms with E-state index in [-0.39, 0.29) is 6.03 Å². The average molecular weight is 308 g/mol. The van der Waals surface area contributed by atoms with Crippen LogP contribution in [0.2, 0.25) is 0 Å². The summed E-state index contributed by atoms with van der Waals surface area (Å²) in [4.78, 5) is 12.2. The number of rotatable bonds is 3. The molecular formula is C20H24N2O. The highest BCUT2D eigenvalue weighted by atomic mass is 16.2. The van der Waals surface area contributed by atoms with Crippen molar-refractivity contribution >= 4 is 11.7 Å². The first-order chi connectivity index (χ1) is 11.3. The van der Waals surface area contributed by atoms with E-state index in [1.807, 2.05) is 36.4 Å². The maximum absolute atomic E-state index is 12.2. The minimum absolute atomic E-state index is 0.0953. The van der Waals surface area contributed by atoms with Crippen molar-refractivity contribution < 1.29 is 4.79 Å². The smallest absolute Gasteiger partial charge is 0.319 e. The Morgan fingerprint density at radius 1 is 0.826 bits per heavy atom. The van der Waals surface area contributed by atoms with Gasteiger partial charge >= 0.3 is 6.03 Å². The predicted molar refractivity (Wildman–Crippen MR) is 95.5 cm³/mol. The van der Waals surface area contributed by atoms with Crippen LogP contribution in [0.5, 0.6) is 0 Å². The van der Waals surface area contributed by atoms with Crippen LogP contribution in [0.15, 0.2) is 54.6 Å². The minimum atomic E-state index is -0.0953. The van der Waals surface area contributed by atoms with Gasteiger partial charge in [0.1, 0.15) is 0 Å². The molecule has 120 valence electrons. The molecule has 1 aliphatic rings. The molecule has 3 heteroatoms. The molecule has 2 N–H and O–H groups in total. The van der Waals surface area contributed by atoms with Gasteiger partial charge in [0.2, 0.25) is 0 Å². The van der Waals surface area contributed by atoms with Crippen LogP contribution in [0.3, 0.4) is 0 Å². The van der Waals surface area contributed by atoms with Gasteiger partial charge in [-0.05, 0) is 36.1 Å². The second kappa shape index (κ2) is 7.82. The molecule has 1 fully saturated rings. The summed E-state index contributed by atoms with van der Waals surface area (Å²) in [5.41, 5.74) is 3.09. The van der Waals surface area contributed by atoms with Crippen molar-refractivity contribution in [1.29, 1.82) is 0 Å². The molecule has 0 aliphatic heterocycles. The van der Waals surface area contributed by atoms with Crippen LogP contribution in [0, 0.1) is 0 Å². The number of benzene rings is 2. The molecule has 1 aliphatic carbocycles. The molecule has 0 atom stereocenters. The Morgan fingerprint density at radius 2 is 1.52 bits per heavy atom. The van der Waals surface area contributed by atoms with Crippen molar-refractivity contribution in [2.75, 3.05) is 5.32 Å². The van der Waals surface area contributed by atoms with Gasteiger partial charge in [-0.15, -0.1) is 0 Å². The summed E-state index contributed by atoms with van der Waals surface area (Å²) in [6, 6.07) is 18.4. The van der Waals surface area contributed by atoms with Gasteiger partial charge in [0.05, 0.1) is 0 Å². The van der Waals surface area contributed by atoms with E-state index in [1.54, 1.807) is 0 Å². The summed E-state index contributed by atoms with van der Waals surface area (Å²) in [6.45, 7) is 0. The summed E-state index contributed by atoms with van der Waals surface area (Å²) < 4.78 is 0. The summed E-state index contributed by atoms with van der Waals surface area (Å²) in [5, 5.41) is 6.09. The third kappa shape index (κ3) is 4.59. The molecule has 0 saturated heterocycles. The van der Waals surface area contributed by atoms with Crippen molar-refractivity contribution in [3.63, 3.8) is 0 Å². The molecule has 23 heavy (non-hydrogen) atoms. The molecule has 0 aromatic heterocycles. The van der Waals surface area contributed by atoms with Crippen LogP contribution in [0.4, 0.5) is 10.5 Å². The van der Waals surface area contributed by atoms with E-state index in [0.717, 1.165) is 29.7 Å². The van der Waals surface area contributed by atoms with Gasteiger partial charge < -0.3 is 10.6 Å². The Labute approximate surface area is 138 Å². The largest absolute Gasteiger partial charge is 0.335 e. The Morgan fingerprint density at radius 3 is 2.26 bits per heavy atom. The Bertz CT molecular complexity index is 631. The second-order valence-corrected chi connectivity index (χ2v) is 6.23. The molecule has 2 amide bonds. The normalized spacial score (nSPS) is 15.7. The zero-order chi connectivity index (χ0) is 15.9. The van der Waals surface area contributed by atoms with Gasteiger partial charge in [-0.25, -0.2) is 4.79 Å².